The minimum atomic E-state index is 0.606. The van der Waals surface area contributed by atoms with Gasteiger partial charge in [-0.1, -0.05) is 36.4 Å². The molecular formula is C23H21N3O2S. The van der Waals surface area contributed by atoms with E-state index in [2.05, 4.69) is 57.7 Å². The van der Waals surface area contributed by atoms with Crippen molar-refractivity contribution in [2.24, 2.45) is 0 Å². The first kappa shape index (κ1) is 17.9. The molecule has 1 aliphatic rings. The highest BCUT2D eigenvalue weighted by Crippen LogP contribution is 2.35. The topological polar surface area (TPSA) is 56.3 Å². The molecule has 0 spiro atoms. The molecule has 6 heteroatoms. The third-order valence-corrected chi connectivity index (χ3v) is 5.95. The van der Waals surface area contributed by atoms with Gasteiger partial charge in [-0.15, -0.1) is 11.3 Å². The van der Waals surface area contributed by atoms with Crippen molar-refractivity contribution in [3.8, 4) is 21.9 Å². The van der Waals surface area contributed by atoms with E-state index in [0.29, 0.717) is 13.2 Å². The van der Waals surface area contributed by atoms with Gasteiger partial charge in [0.1, 0.15) is 29.7 Å². The molecule has 4 aromatic rings. The molecule has 5 rings (SSSR count). The summed E-state index contributed by atoms with van der Waals surface area (Å²) in [6.45, 7) is 3.94. The Kier molecular flexibility index (Phi) is 4.77. The minimum absolute atomic E-state index is 0.606. The molecule has 0 unspecified atom stereocenters. The summed E-state index contributed by atoms with van der Waals surface area (Å²) in [5.74, 6) is 3.33. The van der Waals surface area contributed by atoms with Crippen molar-refractivity contribution in [1.82, 2.24) is 9.97 Å². The van der Waals surface area contributed by atoms with Crippen LogP contribution in [-0.4, -0.2) is 29.7 Å². The molecule has 2 aromatic carbocycles. The highest BCUT2D eigenvalue weighted by molar-refractivity contribution is 7.21. The summed E-state index contributed by atoms with van der Waals surface area (Å²) < 4.78 is 11.3. The van der Waals surface area contributed by atoms with Crippen LogP contribution in [0.15, 0.2) is 54.6 Å². The van der Waals surface area contributed by atoms with Crippen molar-refractivity contribution < 1.29 is 9.47 Å². The maximum absolute atomic E-state index is 5.68. The Balaban J connectivity index is 1.35. The molecule has 0 bridgehead atoms. The molecule has 0 radical (unpaired) electrons. The van der Waals surface area contributed by atoms with Crippen molar-refractivity contribution in [1.29, 1.82) is 0 Å². The Labute approximate surface area is 173 Å². The van der Waals surface area contributed by atoms with E-state index in [9.17, 15) is 0 Å². The van der Waals surface area contributed by atoms with Gasteiger partial charge in [0.15, 0.2) is 11.5 Å². The van der Waals surface area contributed by atoms with E-state index in [0.717, 1.165) is 46.3 Å². The van der Waals surface area contributed by atoms with E-state index in [1.807, 2.05) is 19.1 Å². The number of aryl methyl sites for hydroxylation is 1. The van der Waals surface area contributed by atoms with Crippen LogP contribution in [0.3, 0.4) is 0 Å². The zero-order chi connectivity index (χ0) is 19.6. The van der Waals surface area contributed by atoms with Gasteiger partial charge in [0.25, 0.3) is 0 Å². The van der Waals surface area contributed by atoms with E-state index in [4.69, 9.17) is 9.47 Å². The van der Waals surface area contributed by atoms with Gasteiger partial charge in [0, 0.05) is 11.4 Å². The molecule has 0 aliphatic carbocycles. The second kappa shape index (κ2) is 7.72. The van der Waals surface area contributed by atoms with Crippen LogP contribution in [0.1, 0.15) is 11.4 Å². The van der Waals surface area contributed by atoms with E-state index in [1.54, 1.807) is 11.3 Å². The van der Waals surface area contributed by atoms with Crippen LogP contribution >= 0.6 is 11.3 Å². The Morgan fingerprint density at radius 2 is 1.79 bits per heavy atom. The van der Waals surface area contributed by atoms with Crippen molar-refractivity contribution in [3.05, 3.63) is 66.0 Å². The summed E-state index contributed by atoms with van der Waals surface area (Å²) in [5.41, 5.74) is 2.41. The summed E-state index contributed by atoms with van der Waals surface area (Å²) >= 11 is 1.70. The van der Waals surface area contributed by atoms with Crippen LogP contribution in [0.2, 0.25) is 0 Å². The molecule has 0 saturated heterocycles. The third kappa shape index (κ3) is 3.76. The smallest absolute Gasteiger partial charge is 0.161 e. The second-order valence-corrected chi connectivity index (χ2v) is 8.00. The lowest BCUT2D eigenvalue weighted by molar-refractivity contribution is 0.171. The molecule has 1 N–H and O–H groups in total. The van der Waals surface area contributed by atoms with Crippen LogP contribution in [0.5, 0.6) is 11.5 Å². The molecule has 3 heterocycles. The standard InChI is InChI=1S/C23H21N3O2S/c1-15-25-22(18-14-21(29-23(18)26-15)17-5-3-2-4-6-17)24-10-9-16-7-8-19-20(13-16)28-12-11-27-19/h2-8,13-14H,9-12H2,1H3,(H,24,25,26). The Bertz CT molecular complexity index is 1160. The first-order valence-corrected chi connectivity index (χ1v) is 10.5. The largest absolute Gasteiger partial charge is 0.486 e. The first-order valence-electron chi connectivity index (χ1n) is 9.72. The Morgan fingerprint density at radius 3 is 2.66 bits per heavy atom. The number of fused-ring (bicyclic) bond motifs is 2. The number of rotatable bonds is 5. The van der Waals surface area contributed by atoms with Crippen molar-refractivity contribution in [2.45, 2.75) is 13.3 Å². The lowest BCUT2D eigenvalue weighted by Crippen LogP contribution is -2.15. The van der Waals surface area contributed by atoms with E-state index < -0.39 is 0 Å². The van der Waals surface area contributed by atoms with Gasteiger partial charge < -0.3 is 14.8 Å². The van der Waals surface area contributed by atoms with E-state index in [-0.39, 0.29) is 0 Å². The van der Waals surface area contributed by atoms with Crippen LogP contribution in [0.4, 0.5) is 5.82 Å². The van der Waals surface area contributed by atoms with Gasteiger partial charge in [-0.25, -0.2) is 9.97 Å². The fourth-order valence-corrected chi connectivity index (χ4v) is 4.56. The number of nitrogens with one attached hydrogen (secondary N) is 1. The average Bonchev–Trinajstić information content (AvgIpc) is 3.18. The molecule has 146 valence electrons. The summed E-state index contributed by atoms with van der Waals surface area (Å²) in [7, 11) is 0. The molecule has 1 aliphatic heterocycles. The van der Waals surface area contributed by atoms with Crippen LogP contribution < -0.4 is 14.8 Å². The van der Waals surface area contributed by atoms with E-state index >= 15 is 0 Å². The summed E-state index contributed by atoms with van der Waals surface area (Å²) in [6.07, 6.45) is 0.872. The Morgan fingerprint density at radius 1 is 0.966 bits per heavy atom. The highest BCUT2D eigenvalue weighted by Gasteiger charge is 2.13. The van der Waals surface area contributed by atoms with Gasteiger partial charge >= 0.3 is 0 Å². The molecule has 2 aromatic heterocycles. The number of benzene rings is 2. The number of thiophene rings is 1. The maximum atomic E-state index is 5.68. The SMILES string of the molecule is Cc1nc(NCCc2ccc3c(c2)OCCO3)c2cc(-c3ccccc3)sc2n1. The van der Waals surface area contributed by atoms with E-state index in [1.165, 1.54) is 16.0 Å². The number of ether oxygens (including phenoxy) is 2. The monoisotopic (exact) mass is 403 g/mol. The van der Waals surface area contributed by atoms with Crippen LogP contribution in [0, 0.1) is 6.92 Å². The Hall–Kier alpha value is -3.12. The lowest BCUT2D eigenvalue weighted by atomic mass is 10.1. The highest BCUT2D eigenvalue weighted by atomic mass is 32.1. The van der Waals surface area contributed by atoms with Crippen LogP contribution in [0.25, 0.3) is 20.7 Å². The lowest BCUT2D eigenvalue weighted by Gasteiger charge is -2.19. The first-order chi connectivity index (χ1) is 14.3. The zero-order valence-corrected chi connectivity index (χ0v) is 17.0. The zero-order valence-electron chi connectivity index (χ0n) is 16.1. The fourth-order valence-electron chi connectivity index (χ4n) is 3.48. The summed E-state index contributed by atoms with van der Waals surface area (Å²) in [6, 6.07) is 18.7. The minimum Gasteiger partial charge on any atom is -0.486 e. The molecule has 29 heavy (non-hydrogen) atoms. The molecule has 0 atom stereocenters. The number of anilines is 1. The quantitative estimate of drug-likeness (QED) is 0.503. The molecule has 0 saturated carbocycles. The van der Waals surface area contributed by atoms with Gasteiger partial charge in [-0.05, 0) is 42.7 Å². The molecule has 5 nitrogen and oxygen atoms in total. The normalized spacial score (nSPS) is 12.9. The predicted molar refractivity (Wildman–Crippen MR) is 117 cm³/mol. The van der Waals surface area contributed by atoms with Gasteiger partial charge in [0.2, 0.25) is 0 Å². The van der Waals surface area contributed by atoms with Gasteiger partial charge in [0.05, 0.1) is 5.39 Å². The number of hydrogen-bond donors (Lipinski definition) is 1. The van der Waals surface area contributed by atoms with Gasteiger partial charge in [-0.3, -0.25) is 0 Å². The second-order valence-electron chi connectivity index (χ2n) is 6.97. The predicted octanol–water partition coefficient (Wildman–Crippen LogP) is 5.09. The third-order valence-electron chi connectivity index (χ3n) is 4.88. The molecule has 0 fully saturated rings. The van der Waals surface area contributed by atoms with Crippen molar-refractivity contribution >= 4 is 27.4 Å². The average molecular weight is 404 g/mol. The summed E-state index contributed by atoms with van der Waals surface area (Å²) in [4.78, 5) is 11.5. The van der Waals surface area contributed by atoms with Crippen molar-refractivity contribution in [3.63, 3.8) is 0 Å². The molecular weight excluding hydrogens is 382 g/mol. The number of hydrogen-bond acceptors (Lipinski definition) is 6. The number of aromatic nitrogens is 2. The maximum Gasteiger partial charge on any atom is 0.161 e. The summed E-state index contributed by atoms with van der Waals surface area (Å²) in [5, 5.41) is 4.58. The van der Waals surface area contributed by atoms with Gasteiger partial charge in [-0.2, -0.15) is 0 Å². The molecule has 0 amide bonds. The fraction of sp³-hybridized carbons (Fsp3) is 0.217. The van der Waals surface area contributed by atoms with Crippen LogP contribution in [-0.2, 0) is 6.42 Å². The number of nitrogens with zero attached hydrogens (tertiary/aromatic N) is 2. The van der Waals surface area contributed by atoms with Crippen molar-refractivity contribution in [2.75, 3.05) is 25.1 Å².